The summed E-state index contributed by atoms with van der Waals surface area (Å²) >= 11 is 1.66. The molecule has 4 rings (SSSR count). The van der Waals surface area contributed by atoms with Gasteiger partial charge in [0.2, 0.25) is 5.91 Å². The fourth-order valence-electron chi connectivity index (χ4n) is 4.04. The van der Waals surface area contributed by atoms with Crippen LogP contribution in [0.2, 0.25) is 0 Å². The molecule has 3 aromatic rings. The minimum absolute atomic E-state index is 0.00887. The highest BCUT2D eigenvalue weighted by atomic mass is 32.1. The molecule has 0 spiro atoms. The van der Waals surface area contributed by atoms with E-state index in [4.69, 9.17) is 0 Å². The van der Waals surface area contributed by atoms with Crippen LogP contribution in [-0.4, -0.2) is 37.7 Å². The van der Waals surface area contributed by atoms with Crippen molar-refractivity contribution in [3.63, 3.8) is 0 Å². The molecular formula is C20H24N4O2S. The van der Waals surface area contributed by atoms with Crippen LogP contribution in [0.5, 0.6) is 0 Å². The lowest BCUT2D eigenvalue weighted by Gasteiger charge is -2.33. The molecule has 7 heteroatoms. The van der Waals surface area contributed by atoms with E-state index in [1.165, 1.54) is 9.56 Å². The third-order valence-electron chi connectivity index (χ3n) is 5.38. The molecule has 0 bridgehead atoms. The number of thiophene rings is 1. The maximum absolute atomic E-state index is 13.2. The number of fused-ring (bicyclic) bond motifs is 3. The molecule has 0 aromatic carbocycles. The third kappa shape index (κ3) is 3.00. The normalized spacial score (nSPS) is 17.7. The largest absolute Gasteiger partial charge is 0.338 e. The number of hydrogen-bond acceptors (Lipinski definition) is 4. The second kappa shape index (κ2) is 6.96. The van der Waals surface area contributed by atoms with Gasteiger partial charge in [-0.2, -0.15) is 5.10 Å². The maximum Gasteiger partial charge on any atom is 0.291 e. The number of amides is 1. The Hall–Kier alpha value is -2.41. The highest BCUT2D eigenvalue weighted by Crippen LogP contribution is 2.33. The number of allylic oxidation sites excluding steroid dienone is 1. The zero-order chi connectivity index (χ0) is 19.1. The SMILES string of the molecule is C=CCn1c2cc(C)sc2c2cnn(CC(=O)N3CCCC[C@H]3C)c(=O)c21. The zero-order valence-electron chi connectivity index (χ0n) is 15.8. The number of carbonyl (C=O) groups is 1. The van der Waals surface area contributed by atoms with Gasteiger partial charge < -0.3 is 9.47 Å². The van der Waals surface area contributed by atoms with Crippen LogP contribution >= 0.6 is 11.3 Å². The first-order valence-electron chi connectivity index (χ1n) is 9.40. The molecule has 1 saturated heterocycles. The van der Waals surface area contributed by atoms with Crippen molar-refractivity contribution in [3.8, 4) is 0 Å². The molecule has 27 heavy (non-hydrogen) atoms. The fraction of sp³-hybridized carbons (Fsp3) is 0.450. The molecule has 1 fully saturated rings. The number of nitrogens with zero attached hydrogens (tertiary/aromatic N) is 4. The van der Waals surface area contributed by atoms with E-state index in [2.05, 4.69) is 31.6 Å². The quantitative estimate of drug-likeness (QED) is 0.649. The Labute approximate surface area is 161 Å². The lowest BCUT2D eigenvalue weighted by Crippen LogP contribution is -2.45. The van der Waals surface area contributed by atoms with E-state index >= 15 is 0 Å². The number of piperidine rings is 1. The van der Waals surface area contributed by atoms with E-state index < -0.39 is 0 Å². The molecule has 0 saturated carbocycles. The predicted octanol–water partition coefficient (Wildman–Crippen LogP) is 3.31. The molecule has 1 atom stereocenters. The Kier molecular flexibility index (Phi) is 4.63. The van der Waals surface area contributed by atoms with Crippen LogP contribution in [0, 0.1) is 6.92 Å². The van der Waals surface area contributed by atoms with E-state index in [0.29, 0.717) is 12.1 Å². The van der Waals surface area contributed by atoms with Crippen LogP contribution in [0.25, 0.3) is 21.1 Å². The average Bonchev–Trinajstić information content (AvgIpc) is 3.15. The smallest absolute Gasteiger partial charge is 0.291 e. The van der Waals surface area contributed by atoms with Crippen molar-refractivity contribution in [3.05, 3.63) is 40.1 Å². The predicted molar refractivity (Wildman–Crippen MR) is 109 cm³/mol. The van der Waals surface area contributed by atoms with E-state index in [9.17, 15) is 9.59 Å². The highest BCUT2D eigenvalue weighted by molar-refractivity contribution is 7.20. The van der Waals surface area contributed by atoms with Gasteiger partial charge in [0, 0.05) is 29.4 Å². The molecule has 1 amide bonds. The van der Waals surface area contributed by atoms with Crippen LogP contribution in [0.1, 0.15) is 31.1 Å². The minimum Gasteiger partial charge on any atom is -0.338 e. The number of hydrogen-bond donors (Lipinski definition) is 0. The zero-order valence-corrected chi connectivity index (χ0v) is 16.6. The van der Waals surface area contributed by atoms with Gasteiger partial charge in [-0.25, -0.2) is 4.68 Å². The molecular weight excluding hydrogens is 360 g/mol. The maximum atomic E-state index is 13.2. The molecule has 0 radical (unpaired) electrons. The first kappa shape index (κ1) is 18.0. The van der Waals surface area contributed by atoms with Gasteiger partial charge in [0.1, 0.15) is 12.1 Å². The molecule has 0 N–H and O–H groups in total. The molecule has 6 nitrogen and oxygen atoms in total. The summed E-state index contributed by atoms with van der Waals surface area (Å²) in [6.07, 6.45) is 6.71. The van der Waals surface area contributed by atoms with E-state index in [1.807, 2.05) is 9.47 Å². The molecule has 0 aliphatic carbocycles. The number of likely N-dealkylation sites (tertiary alicyclic amines) is 1. The minimum atomic E-state index is -0.214. The Balaban J connectivity index is 1.77. The standard InChI is InChI=1S/C20H24N4O2S/c1-4-8-23-16-10-14(3)27-19(16)15-11-21-24(20(26)18(15)23)12-17(25)22-9-6-5-7-13(22)2/h4,10-11,13H,1,5-9,12H2,2-3H3/t13-/m1/s1. The summed E-state index contributed by atoms with van der Waals surface area (Å²) in [4.78, 5) is 29.0. The topological polar surface area (TPSA) is 60.1 Å². The monoisotopic (exact) mass is 384 g/mol. The van der Waals surface area contributed by atoms with Crippen molar-refractivity contribution < 1.29 is 4.79 Å². The van der Waals surface area contributed by atoms with Gasteiger partial charge in [-0.15, -0.1) is 17.9 Å². The lowest BCUT2D eigenvalue weighted by molar-refractivity contribution is -0.135. The molecule has 3 aromatic heterocycles. The van der Waals surface area contributed by atoms with Gasteiger partial charge in [-0.3, -0.25) is 9.59 Å². The number of aryl methyl sites for hydroxylation is 1. The number of carbonyl (C=O) groups excluding carboxylic acids is 1. The summed E-state index contributed by atoms with van der Waals surface area (Å²) in [6, 6.07) is 2.32. The summed E-state index contributed by atoms with van der Waals surface area (Å²) < 4.78 is 4.36. The number of rotatable bonds is 4. The highest BCUT2D eigenvalue weighted by Gasteiger charge is 2.25. The summed E-state index contributed by atoms with van der Waals surface area (Å²) in [5, 5.41) is 5.18. The van der Waals surface area contributed by atoms with Gasteiger partial charge in [0.15, 0.2) is 0 Å². The number of aromatic nitrogens is 3. The molecule has 1 aliphatic rings. The second-order valence-corrected chi connectivity index (χ2v) is 8.53. The van der Waals surface area contributed by atoms with Crippen molar-refractivity contribution in [2.24, 2.45) is 0 Å². The Morgan fingerprint density at radius 1 is 1.44 bits per heavy atom. The van der Waals surface area contributed by atoms with Crippen LogP contribution in [0.4, 0.5) is 0 Å². The summed E-state index contributed by atoms with van der Waals surface area (Å²) in [7, 11) is 0. The van der Waals surface area contributed by atoms with Crippen molar-refractivity contribution >= 4 is 38.4 Å². The summed E-state index contributed by atoms with van der Waals surface area (Å²) in [5.74, 6) is -0.0318. The molecule has 4 heterocycles. The van der Waals surface area contributed by atoms with Crippen LogP contribution in [-0.2, 0) is 17.9 Å². The van der Waals surface area contributed by atoms with Crippen molar-refractivity contribution in [1.82, 2.24) is 19.2 Å². The van der Waals surface area contributed by atoms with E-state index in [1.54, 1.807) is 23.6 Å². The van der Waals surface area contributed by atoms with E-state index in [-0.39, 0.29) is 24.1 Å². The first-order valence-corrected chi connectivity index (χ1v) is 10.2. The Morgan fingerprint density at radius 3 is 3.00 bits per heavy atom. The summed E-state index contributed by atoms with van der Waals surface area (Å²) in [5.41, 5.74) is 1.42. The third-order valence-corrected chi connectivity index (χ3v) is 6.45. The molecule has 142 valence electrons. The van der Waals surface area contributed by atoms with Gasteiger partial charge >= 0.3 is 0 Å². The second-order valence-electron chi connectivity index (χ2n) is 7.27. The fourth-order valence-corrected chi connectivity index (χ4v) is 5.06. The van der Waals surface area contributed by atoms with Crippen LogP contribution in [0.3, 0.4) is 0 Å². The van der Waals surface area contributed by atoms with Crippen LogP contribution in [0.15, 0.2) is 29.7 Å². The van der Waals surface area contributed by atoms with Gasteiger partial charge in [-0.05, 0) is 39.2 Å². The van der Waals surface area contributed by atoms with Gasteiger partial charge in [0.25, 0.3) is 5.56 Å². The molecule has 1 aliphatic heterocycles. The lowest BCUT2D eigenvalue weighted by atomic mass is 10.0. The summed E-state index contributed by atoms with van der Waals surface area (Å²) in [6.45, 7) is 9.25. The van der Waals surface area contributed by atoms with Crippen molar-refractivity contribution in [2.75, 3.05) is 6.54 Å². The first-order chi connectivity index (χ1) is 13.0. The van der Waals surface area contributed by atoms with Crippen molar-refractivity contribution in [2.45, 2.75) is 52.2 Å². The molecule has 0 unspecified atom stereocenters. The van der Waals surface area contributed by atoms with Gasteiger partial charge in [-0.1, -0.05) is 6.08 Å². The average molecular weight is 385 g/mol. The van der Waals surface area contributed by atoms with Crippen molar-refractivity contribution in [1.29, 1.82) is 0 Å². The Bertz CT molecular complexity index is 1090. The van der Waals surface area contributed by atoms with Crippen LogP contribution < -0.4 is 5.56 Å². The van der Waals surface area contributed by atoms with E-state index in [0.717, 1.165) is 41.4 Å². The van der Waals surface area contributed by atoms with Gasteiger partial charge in [0.05, 0.1) is 16.4 Å². The Morgan fingerprint density at radius 2 is 2.26 bits per heavy atom.